The average Bonchev–Trinajstić information content (AvgIpc) is 2.47. The number of rotatable bonds is 3. The predicted molar refractivity (Wildman–Crippen MR) is 83.3 cm³/mol. The second kappa shape index (κ2) is 6.64. The molecule has 8 heteroatoms. The van der Waals surface area contributed by atoms with E-state index in [9.17, 15) is 13.2 Å². The SMILES string of the molecule is CC1COCCN1S(=O)(=O)c1cccc(NC(=O)N(C)C)c1. The van der Waals surface area contributed by atoms with Gasteiger partial charge in [-0.3, -0.25) is 0 Å². The second-order valence-corrected chi connectivity index (χ2v) is 7.28. The first-order valence-electron chi connectivity index (χ1n) is 7.00. The molecule has 0 saturated carbocycles. The largest absolute Gasteiger partial charge is 0.378 e. The summed E-state index contributed by atoms with van der Waals surface area (Å²) in [7, 11) is -0.369. The topological polar surface area (TPSA) is 79.0 Å². The van der Waals surface area contributed by atoms with Crippen LogP contribution >= 0.6 is 0 Å². The Morgan fingerprint density at radius 3 is 2.77 bits per heavy atom. The van der Waals surface area contributed by atoms with E-state index >= 15 is 0 Å². The molecule has 122 valence electrons. The van der Waals surface area contributed by atoms with E-state index in [0.717, 1.165) is 0 Å². The van der Waals surface area contributed by atoms with Crippen molar-refractivity contribution >= 4 is 21.7 Å². The van der Waals surface area contributed by atoms with Gasteiger partial charge < -0.3 is 15.0 Å². The minimum atomic E-state index is -3.60. The Bertz CT molecular complexity index is 645. The van der Waals surface area contributed by atoms with Crippen molar-refractivity contribution in [1.29, 1.82) is 0 Å². The van der Waals surface area contributed by atoms with Gasteiger partial charge >= 0.3 is 6.03 Å². The first-order chi connectivity index (χ1) is 10.3. The number of anilines is 1. The summed E-state index contributed by atoms with van der Waals surface area (Å²) < 4.78 is 32.1. The molecule has 1 aromatic carbocycles. The van der Waals surface area contributed by atoms with Gasteiger partial charge in [0, 0.05) is 32.4 Å². The molecular weight excluding hydrogens is 306 g/mol. The summed E-state index contributed by atoms with van der Waals surface area (Å²) >= 11 is 0. The normalized spacial score (nSPS) is 19.7. The highest BCUT2D eigenvalue weighted by Gasteiger charge is 2.31. The van der Waals surface area contributed by atoms with Gasteiger partial charge in [-0.15, -0.1) is 0 Å². The first kappa shape index (κ1) is 16.7. The Labute approximate surface area is 130 Å². The van der Waals surface area contributed by atoms with Crippen molar-refractivity contribution in [2.24, 2.45) is 0 Å². The van der Waals surface area contributed by atoms with Crippen LogP contribution in [-0.2, 0) is 14.8 Å². The van der Waals surface area contributed by atoms with Crippen LogP contribution in [0.15, 0.2) is 29.2 Å². The Kier molecular flexibility index (Phi) is 5.05. The van der Waals surface area contributed by atoms with Crippen LogP contribution < -0.4 is 5.32 Å². The molecule has 0 aromatic heterocycles. The highest BCUT2D eigenvalue weighted by atomic mass is 32.2. The zero-order valence-corrected chi connectivity index (χ0v) is 13.8. The van der Waals surface area contributed by atoms with E-state index in [-0.39, 0.29) is 17.0 Å². The fraction of sp³-hybridized carbons (Fsp3) is 0.500. The summed E-state index contributed by atoms with van der Waals surface area (Å²) in [6.45, 7) is 2.92. The van der Waals surface area contributed by atoms with Gasteiger partial charge in [0.1, 0.15) is 0 Å². The summed E-state index contributed by atoms with van der Waals surface area (Å²) in [5.41, 5.74) is 0.445. The molecular formula is C14H21N3O4S. The zero-order valence-electron chi connectivity index (χ0n) is 12.9. The zero-order chi connectivity index (χ0) is 16.3. The van der Waals surface area contributed by atoms with Crippen molar-refractivity contribution in [3.05, 3.63) is 24.3 Å². The molecule has 0 spiro atoms. The van der Waals surface area contributed by atoms with Gasteiger partial charge in [0.05, 0.1) is 18.1 Å². The molecule has 2 amide bonds. The molecule has 1 heterocycles. The highest BCUT2D eigenvalue weighted by molar-refractivity contribution is 7.89. The molecule has 1 saturated heterocycles. The first-order valence-corrected chi connectivity index (χ1v) is 8.44. The maximum absolute atomic E-state index is 12.7. The number of sulfonamides is 1. The van der Waals surface area contributed by atoms with Gasteiger partial charge in [-0.25, -0.2) is 13.2 Å². The maximum atomic E-state index is 12.7. The molecule has 0 aliphatic carbocycles. The van der Waals surface area contributed by atoms with E-state index < -0.39 is 10.0 Å². The van der Waals surface area contributed by atoms with Gasteiger partial charge in [0.25, 0.3) is 0 Å². The van der Waals surface area contributed by atoms with Crippen LogP contribution in [-0.4, -0.2) is 63.5 Å². The van der Waals surface area contributed by atoms with Gasteiger partial charge in [-0.05, 0) is 25.1 Å². The maximum Gasteiger partial charge on any atom is 0.321 e. The van der Waals surface area contributed by atoms with Gasteiger partial charge in [0.2, 0.25) is 10.0 Å². The Hall–Kier alpha value is -1.64. The van der Waals surface area contributed by atoms with Crippen molar-refractivity contribution in [3.63, 3.8) is 0 Å². The smallest absolute Gasteiger partial charge is 0.321 e. The molecule has 0 bridgehead atoms. The molecule has 1 aromatic rings. The Balaban J connectivity index is 2.26. The van der Waals surface area contributed by atoms with Crippen LogP contribution in [0.5, 0.6) is 0 Å². The lowest BCUT2D eigenvalue weighted by Gasteiger charge is -2.32. The Morgan fingerprint density at radius 2 is 2.14 bits per heavy atom. The van der Waals surface area contributed by atoms with E-state index in [1.807, 2.05) is 6.92 Å². The molecule has 0 radical (unpaired) electrons. The molecule has 7 nitrogen and oxygen atoms in total. The number of urea groups is 1. The minimum absolute atomic E-state index is 0.165. The molecule has 1 atom stereocenters. The molecule has 2 rings (SSSR count). The average molecular weight is 327 g/mol. The number of nitrogens with one attached hydrogen (secondary N) is 1. The van der Waals surface area contributed by atoms with Crippen LogP contribution in [0.3, 0.4) is 0 Å². The lowest BCUT2D eigenvalue weighted by molar-refractivity contribution is 0.0393. The Morgan fingerprint density at radius 1 is 1.41 bits per heavy atom. The summed E-state index contributed by atoms with van der Waals surface area (Å²) in [5, 5.41) is 2.65. The number of nitrogens with zero attached hydrogens (tertiary/aromatic N) is 2. The summed E-state index contributed by atoms with van der Waals surface area (Å²) in [4.78, 5) is 13.2. The van der Waals surface area contributed by atoms with E-state index in [1.165, 1.54) is 21.3 Å². The van der Waals surface area contributed by atoms with E-state index in [1.54, 1.807) is 26.2 Å². The fourth-order valence-electron chi connectivity index (χ4n) is 2.17. The van der Waals surface area contributed by atoms with E-state index in [4.69, 9.17) is 4.74 Å². The summed E-state index contributed by atoms with van der Waals surface area (Å²) in [6, 6.07) is 5.75. The minimum Gasteiger partial charge on any atom is -0.378 e. The summed E-state index contributed by atoms with van der Waals surface area (Å²) in [5.74, 6) is 0. The summed E-state index contributed by atoms with van der Waals surface area (Å²) in [6.07, 6.45) is 0. The number of hydrogen-bond donors (Lipinski definition) is 1. The molecule has 22 heavy (non-hydrogen) atoms. The number of carbonyl (C=O) groups excluding carboxylic acids is 1. The predicted octanol–water partition coefficient (Wildman–Crippen LogP) is 1.19. The quantitative estimate of drug-likeness (QED) is 0.904. The van der Waals surface area contributed by atoms with Crippen molar-refractivity contribution in [2.45, 2.75) is 17.9 Å². The van der Waals surface area contributed by atoms with Crippen molar-refractivity contribution in [3.8, 4) is 0 Å². The van der Waals surface area contributed by atoms with Crippen molar-refractivity contribution in [1.82, 2.24) is 9.21 Å². The van der Waals surface area contributed by atoms with E-state index in [0.29, 0.717) is 25.4 Å². The number of hydrogen-bond acceptors (Lipinski definition) is 4. The standard InChI is InChI=1S/C14H21N3O4S/c1-11-10-21-8-7-17(11)22(19,20)13-6-4-5-12(9-13)15-14(18)16(2)3/h4-6,9,11H,7-8,10H2,1-3H3,(H,15,18). The van der Waals surface area contributed by atoms with Crippen LogP contribution in [0.25, 0.3) is 0 Å². The van der Waals surface area contributed by atoms with Crippen LogP contribution in [0.1, 0.15) is 6.92 Å². The number of ether oxygens (including phenoxy) is 1. The van der Waals surface area contributed by atoms with Crippen molar-refractivity contribution < 1.29 is 17.9 Å². The van der Waals surface area contributed by atoms with Gasteiger partial charge in [-0.1, -0.05) is 6.07 Å². The van der Waals surface area contributed by atoms with E-state index in [2.05, 4.69) is 5.32 Å². The third-order valence-electron chi connectivity index (χ3n) is 3.40. The monoisotopic (exact) mass is 327 g/mol. The third kappa shape index (κ3) is 3.57. The molecule has 1 fully saturated rings. The number of amides is 2. The van der Waals surface area contributed by atoms with Crippen molar-refractivity contribution in [2.75, 3.05) is 39.2 Å². The second-order valence-electron chi connectivity index (χ2n) is 5.39. The molecule has 1 aliphatic heterocycles. The number of morpholine rings is 1. The highest BCUT2D eigenvalue weighted by Crippen LogP contribution is 2.23. The number of benzene rings is 1. The number of carbonyl (C=O) groups is 1. The molecule has 1 unspecified atom stereocenters. The third-order valence-corrected chi connectivity index (χ3v) is 5.41. The van der Waals surface area contributed by atoms with Crippen LogP contribution in [0, 0.1) is 0 Å². The molecule has 1 aliphatic rings. The van der Waals surface area contributed by atoms with Gasteiger partial charge in [-0.2, -0.15) is 4.31 Å². The molecule has 1 N–H and O–H groups in total. The lowest BCUT2D eigenvalue weighted by Crippen LogP contribution is -2.46. The fourth-order valence-corrected chi connectivity index (χ4v) is 3.82. The van der Waals surface area contributed by atoms with Gasteiger partial charge in [0.15, 0.2) is 0 Å². The lowest BCUT2D eigenvalue weighted by atomic mass is 10.3. The van der Waals surface area contributed by atoms with Crippen LogP contribution in [0.4, 0.5) is 10.5 Å². The van der Waals surface area contributed by atoms with Crippen LogP contribution in [0.2, 0.25) is 0 Å².